The molecule has 1 aliphatic rings. The fourth-order valence-corrected chi connectivity index (χ4v) is 6.57. The molecule has 1 fully saturated rings. The maximum Gasteiger partial charge on any atom is 0.337 e. The first kappa shape index (κ1) is 31.1. The van der Waals surface area contributed by atoms with Gasteiger partial charge in [0.25, 0.3) is 0 Å². The van der Waals surface area contributed by atoms with E-state index in [1.165, 1.54) is 18.2 Å². The zero-order valence-electron chi connectivity index (χ0n) is 23.6. The number of nitrogens with one attached hydrogen (secondary N) is 2. The van der Waals surface area contributed by atoms with Crippen LogP contribution in [-0.2, 0) is 21.2 Å². The van der Waals surface area contributed by atoms with E-state index in [-0.39, 0.29) is 40.6 Å². The number of halogens is 1. The molecule has 0 radical (unpaired) electrons. The molecule has 0 atom stereocenters. The van der Waals surface area contributed by atoms with Crippen LogP contribution in [0, 0.1) is 0 Å². The Kier molecular flexibility index (Phi) is 9.84. The van der Waals surface area contributed by atoms with Crippen LogP contribution in [0.5, 0.6) is 17.2 Å². The third-order valence-electron chi connectivity index (χ3n) is 7.18. The highest BCUT2D eigenvalue weighted by molar-refractivity contribution is 7.89. The Morgan fingerprint density at radius 1 is 0.818 bits per heavy atom. The van der Waals surface area contributed by atoms with Gasteiger partial charge in [-0.2, -0.15) is 0 Å². The average molecular weight is 635 g/mol. The van der Waals surface area contributed by atoms with E-state index in [2.05, 4.69) is 10.0 Å². The molecule has 4 aromatic rings. The Hall–Kier alpha value is -4.38. The summed E-state index contributed by atoms with van der Waals surface area (Å²) in [6, 6.07) is 26.7. The first-order valence-electron chi connectivity index (χ1n) is 14.1. The molecule has 0 bridgehead atoms. The van der Waals surface area contributed by atoms with Gasteiger partial charge in [0.15, 0.2) is 0 Å². The molecule has 0 aliphatic heterocycles. The second-order valence-corrected chi connectivity index (χ2v) is 12.6. The Balaban J connectivity index is 1.07. The van der Waals surface area contributed by atoms with E-state index in [0.717, 1.165) is 18.4 Å². The number of para-hydroxylation sites is 1. The van der Waals surface area contributed by atoms with E-state index in [1.54, 1.807) is 66.7 Å². The Bertz CT molecular complexity index is 1720. The predicted molar refractivity (Wildman–Crippen MR) is 167 cm³/mol. The number of anilines is 1. The van der Waals surface area contributed by atoms with Gasteiger partial charge in [-0.15, -0.1) is 0 Å². The lowest BCUT2D eigenvalue weighted by molar-refractivity contribution is -0.115. The maximum atomic E-state index is 12.7. The summed E-state index contributed by atoms with van der Waals surface area (Å²) < 4.78 is 40.2. The number of hydrogen-bond acceptors (Lipinski definition) is 6. The number of rotatable bonds is 11. The number of carbonyl (C=O) groups is 2. The lowest BCUT2D eigenvalue weighted by Crippen LogP contribution is -2.39. The molecule has 0 saturated heterocycles. The third kappa shape index (κ3) is 8.37. The quantitative estimate of drug-likeness (QED) is 0.168. The fraction of sp³-hybridized carbons (Fsp3) is 0.212. The summed E-state index contributed by atoms with van der Waals surface area (Å²) in [5, 5.41) is 12.3. The minimum absolute atomic E-state index is 0.0176. The largest absolute Gasteiger partial charge is 0.490 e. The Morgan fingerprint density at radius 2 is 1.45 bits per heavy atom. The van der Waals surface area contributed by atoms with Crippen molar-refractivity contribution in [3.63, 3.8) is 0 Å². The van der Waals surface area contributed by atoms with Crippen LogP contribution in [-0.4, -0.2) is 37.5 Å². The molecule has 1 amide bonds. The standard InChI is InChI=1S/C33H31ClN2O7S/c34-23-4-3-5-29(21-23)44(40,41)36-24-10-14-26(15-11-24)43-28-18-16-27(17-19-28)42-25-12-8-22(9-13-25)20-32(37)35-31-7-2-1-6-30(31)33(38)39/h1-9,12-13,16-19,21,24,26,36H,10-11,14-15,20H2,(H,35,37)(H,38,39). The van der Waals surface area contributed by atoms with E-state index in [0.29, 0.717) is 35.1 Å². The van der Waals surface area contributed by atoms with Crippen LogP contribution < -0.4 is 19.5 Å². The smallest absolute Gasteiger partial charge is 0.337 e. The molecule has 1 saturated carbocycles. The Labute approximate surface area is 260 Å². The lowest BCUT2D eigenvalue weighted by atomic mass is 9.94. The van der Waals surface area contributed by atoms with Gasteiger partial charge in [-0.05, 0) is 98.0 Å². The van der Waals surface area contributed by atoms with Crippen LogP contribution in [0.3, 0.4) is 0 Å². The first-order chi connectivity index (χ1) is 21.1. The number of amides is 1. The molecule has 0 aromatic heterocycles. The van der Waals surface area contributed by atoms with Crippen LogP contribution >= 0.6 is 11.6 Å². The monoisotopic (exact) mass is 634 g/mol. The highest BCUT2D eigenvalue weighted by Gasteiger charge is 2.27. The van der Waals surface area contributed by atoms with Crippen LogP contribution in [0.25, 0.3) is 0 Å². The zero-order chi connectivity index (χ0) is 31.1. The summed E-state index contributed by atoms with van der Waals surface area (Å²) in [7, 11) is -3.64. The summed E-state index contributed by atoms with van der Waals surface area (Å²) in [6.07, 6.45) is 2.83. The minimum Gasteiger partial charge on any atom is -0.490 e. The fourth-order valence-electron chi connectivity index (χ4n) is 4.97. The molecular formula is C33H31ClN2O7S. The van der Waals surface area contributed by atoms with Crippen molar-refractivity contribution in [3.8, 4) is 17.2 Å². The van der Waals surface area contributed by atoms with Crippen molar-refractivity contribution in [1.29, 1.82) is 0 Å². The van der Waals surface area contributed by atoms with Crippen molar-refractivity contribution in [2.24, 2.45) is 0 Å². The number of ether oxygens (including phenoxy) is 2. The van der Waals surface area contributed by atoms with Crippen molar-refractivity contribution in [1.82, 2.24) is 4.72 Å². The number of aromatic carboxylic acids is 1. The maximum absolute atomic E-state index is 12.7. The van der Waals surface area contributed by atoms with Crippen LogP contribution in [0.4, 0.5) is 5.69 Å². The summed E-state index contributed by atoms with van der Waals surface area (Å²) >= 11 is 5.95. The predicted octanol–water partition coefficient (Wildman–Crippen LogP) is 6.68. The third-order valence-corrected chi connectivity index (χ3v) is 8.94. The highest BCUT2D eigenvalue weighted by atomic mass is 35.5. The van der Waals surface area contributed by atoms with Crippen molar-refractivity contribution < 1.29 is 32.6 Å². The minimum atomic E-state index is -3.64. The van der Waals surface area contributed by atoms with Gasteiger partial charge in [0.1, 0.15) is 17.2 Å². The molecule has 44 heavy (non-hydrogen) atoms. The van der Waals surface area contributed by atoms with E-state index < -0.39 is 16.0 Å². The Morgan fingerprint density at radius 3 is 2.11 bits per heavy atom. The molecule has 9 nitrogen and oxygen atoms in total. The zero-order valence-corrected chi connectivity index (χ0v) is 25.2. The van der Waals surface area contributed by atoms with Gasteiger partial charge < -0.3 is 19.9 Å². The van der Waals surface area contributed by atoms with Gasteiger partial charge in [0.05, 0.1) is 28.7 Å². The summed E-state index contributed by atoms with van der Waals surface area (Å²) in [4.78, 5) is 24.0. The summed E-state index contributed by atoms with van der Waals surface area (Å²) in [5.74, 6) is 0.481. The molecule has 228 valence electrons. The molecule has 0 spiro atoms. The van der Waals surface area contributed by atoms with E-state index in [9.17, 15) is 23.1 Å². The molecule has 0 unspecified atom stereocenters. The van der Waals surface area contributed by atoms with Gasteiger partial charge >= 0.3 is 5.97 Å². The number of sulfonamides is 1. The molecule has 3 N–H and O–H groups in total. The number of carbonyl (C=O) groups excluding carboxylic acids is 1. The SMILES string of the molecule is O=C(Cc1ccc(Oc2ccc(OC3CCC(NS(=O)(=O)c4cccc(Cl)c4)CC3)cc2)cc1)Nc1ccccc1C(=O)O. The summed E-state index contributed by atoms with van der Waals surface area (Å²) in [6.45, 7) is 0. The second kappa shape index (κ2) is 13.9. The van der Waals surface area contributed by atoms with Gasteiger partial charge in [0.2, 0.25) is 15.9 Å². The van der Waals surface area contributed by atoms with Crippen LogP contribution in [0.15, 0.2) is 102 Å². The van der Waals surface area contributed by atoms with Crippen molar-refractivity contribution >= 4 is 39.2 Å². The normalized spacial score (nSPS) is 16.6. The van der Waals surface area contributed by atoms with E-state index in [4.69, 9.17) is 21.1 Å². The van der Waals surface area contributed by atoms with Gasteiger partial charge in [-0.25, -0.2) is 17.9 Å². The van der Waals surface area contributed by atoms with Gasteiger partial charge in [0, 0.05) is 11.1 Å². The van der Waals surface area contributed by atoms with Crippen LogP contribution in [0.1, 0.15) is 41.6 Å². The highest BCUT2D eigenvalue weighted by Crippen LogP contribution is 2.28. The van der Waals surface area contributed by atoms with Crippen LogP contribution in [0.2, 0.25) is 5.02 Å². The average Bonchev–Trinajstić information content (AvgIpc) is 3.00. The number of carboxylic acid groups (broad SMARTS) is 1. The molecule has 4 aromatic carbocycles. The summed E-state index contributed by atoms with van der Waals surface area (Å²) in [5.41, 5.74) is 1.03. The topological polar surface area (TPSA) is 131 Å². The first-order valence-corrected chi connectivity index (χ1v) is 15.9. The van der Waals surface area contributed by atoms with Gasteiger partial charge in [-0.3, -0.25) is 4.79 Å². The van der Waals surface area contributed by atoms with Crippen molar-refractivity contribution in [3.05, 3.63) is 113 Å². The number of hydrogen-bond donors (Lipinski definition) is 3. The lowest BCUT2D eigenvalue weighted by Gasteiger charge is -2.29. The van der Waals surface area contributed by atoms with Gasteiger partial charge in [-0.1, -0.05) is 41.9 Å². The molecule has 5 rings (SSSR count). The molecule has 11 heteroatoms. The molecular weight excluding hydrogens is 604 g/mol. The number of benzene rings is 4. The van der Waals surface area contributed by atoms with Crippen molar-refractivity contribution in [2.75, 3.05) is 5.32 Å². The number of carboxylic acids is 1. The van der Waals surface area contributed by atoms with E-state index in [1.807, 2.05) is 12.1 Å². The second-order valence-electron chi connectivity index (χ2n) is 10.5. The molecule has 0 heterocycles. The van der Waals surface area contributed by atoms with Crippen molar-refractivity contribution in [2.45, 2.75) is 49.1 Å². The molecule has 1 aliphatic carbocycles. The van der Waals surface area contributed by atoms with E-state index >= 15 is 0 Å².